The van der Waals surface area contributed by atoms with Gasteiger partial charge in [0.2, 0.25) is 0 Å². The molecule has 3 aromatic heterocycles. The van der Waals surface area contributed by atoms with E-state index in [2.05, 4.69) is 46.2 Å². The van der Waals surface area contributed by atoms with Crippen molar-refractivity contribution in [2.45, 2.75) is 34.1 Å². The molecule has 0 fully saturated rings. The largest absolute Gasteiger partial charge is 0.350 e. The van der Waals surface area contributed by atoms with Crippen molar-refractivity contribution >= 4 is 22.6 Å². The van der Waals surface area contributed by atoms with Gasteiger partial charge in [-0.05, 0) is 62.6 Å². The highest BCUT2D eigenvalue weighted by Crippen LogP contribution is 2.18. The molecular weight excluding hydrogens is 338 g/mol. The Balaban J connectivity index is 1.49. The molecule has 0 saturated carbocycles. The van der Waals surface area contributed by atoms with Gasteiger partial charge in [0.05, 0.1) is 16.7 Å². The van der Waals surface area contributed by atoms with E-state index >= 15 is 0 Å². The first-order valence-corrected chi connectivity index (χ1v) is 9.12. The van der Waals surface area contributed by atoms with Gasteiger partial charge in [0.25, 0.3) is 5.91 Å². The van der Waals surface area contributed by atoms with Gasteiger partial charge in [0.1, 0.15) is 17.2 Å². The maximum atomic E-state index is 12.7. The number of pyridine rings is 1. The number of carbonyl (C=O) groups is 1. The fourth-order valence-electron chi connectivity index (χ4n) is 3.41. The highest BCUT2D eigenvalue weighted by atomic mass is 16.1. The molecule has 0 saturated heterocycles. The number of amides is 1. The summed E-state index contributed by atoms with van der Waals surface area (Å²) in [5.41, 5.74) is 7.66. The summed E-state index contributed by atoms with van der Waals surface area (Å²) in [7, 11) is 0. The zero-order valence-corrected chi connectivity index (χ0v) is 16.1. The van der Waals surface area contributed by atoms with Crippen LogP contribution in [0.25, 0.3) is 16.7 Å². The molecule has 2 N–H and O–H groups in total. The number of hydrogen-bond acceptors (Lipinski definition) is 3. The summed E-state index contributed by atoms with van der Waals surface area (Å²) < 4.78 is 1.85. The van der Waals surface area contributed by atoms with Gasteiger partial charge in [-0.1, -0.05) is 6.07 Å². The number of nitrogens with one attached hydrogen (secondary N) is 2. The summed E-state index contributed by atoms with van der Waals surface area (Å²) in [4.78, 5) is 25.2. The molecule has 138 valence electrons. The van der Waals surface area contributed by atoms with E-state index in [0.29, 0.717) is 18.7 Å². The van der Waals surface area contributed by atoms with Crippen molar-refractivity contribution in [1.29, 1.82) is 0 Å². The maximum Gasteiger partial charge on any atom is 0.270 e. The molecule has 6 heteroatoms. The standard InChI is InChI=1S/C21H23N5O/c1-12-6-5-9-26-19(15(4)23-20(12)26)21(27)22-8-7-18-24-16-10-13(2)14(3)11-17(16)25-18/h5-6,9-11H,7-8H2,1-4H3,(H,22,27)(H,24,25). The first-order valence-electron chi connectivity index (χ1n) is 9.12. The molecular formula is C21H23N5O. The number of benzene rings is 1. The molecule has 0 bridgehead atoms. The first kappa shape index (κ1) is 17.3. The van der Waals surface area contributed by atoms with Crippen molar-refractivity contribution in [1.82, 2.24) is 24.7 Å². The zero-order valence-electron chi connectivity index (χ0n) is 16.1. The monoisotopic (exact) mass is 361 g/mol. The van der Waals surface area contributed by atoms with Crippen LogP contribution in [0.4, 0.5) is 0 Å². The van der Waals surface area contributed by atoms with Crippen molar-refractivity contribution in [3.63, 3.8) is 0 Å². The highest BCUT2D eigenvalue weighted by Gasteiger charge is 2.17. The van der Waals surface area contributed by atoms with Crippen LogP contribution in [0.5, 0.6) is 0 Å². The Labute approximate surface area is 157 Å². The van der Waals surface area contributed by atoms with E-state index in [-0.39, 0.29) is 5.91 Å². The lowest BCUT2D eigenvalue weighted by Gasteiger charge is -2.05. The Morgan fingerprint density at radius 1 is 1.11 bits per heavy atom. The van der Waals surface area contributed by atoms with E-state index in [4.69, 9.17) is 0 Å². The molecule has 0 aliphatic carbocycles. The van der Waals surface area contributed by atoms with Crippen LogP contribution < -0.4 is 5.32 Å². The second-order valence-electron chi connectivity index (χ2n) is 7.07. The number of hydrogen-bond donors (Lipinski definition) is 2. The molecule has 4 aromatic rings. The number of aromatic nitrogens is 4. The number of aryl methyl sites for hydroxylation is 4. The maximum absolute atomic E-state index is 12.7. The molecule has 1 aromatic carbocycles. The third-order valence-corrected chi connectivity index (χ3v) is 5.03. The Hall–Kier alpha value is -3.15. The Bertz CT molecular complexity index is 1130. The van der Waals surface area contributed by atoms with Crippen LogP contribution in [0, 0.1) is 27.7 Å². The van der Waals surface area contributed by atoms with Crippen molar-refractivity contribution < 1.29 is 4.79 Å². The number of nitrogens with zero attached hydrogens (tertiary/aromatic N) is 3. The highest BCUT2D eigenvalue weighted by molar-refractivity contribution is 5.94. The van der Waals surface area contributed by atoms with Gasteiger partial charge >= 0.3 is 0 Å². The lowest BCUT2D eigenvalue weighted by Crippen LogP contribution is -2.27. The molecule has 0 aliphatic heterocycles. The molecule has 4 rings (SSSR count). The fraction of sp³-hybridized carbons (Fsp3) is 0.286. The second kappa shape index (κ2) is 6.54. The molecule has 1 amide bonds. The van der Waals surface area contributed by atoms with Crippen LogP contribution in [-0.2, 0) is 6.42 Å². The number of imidazole rings is 2. The fourth-order valence-corrected chi connectivity index (χ4v) is 3.41. The van der Waals surface area contributed by atoms with Crippen molar-refractivity contribution in [2.24, 2.45) is 0 Å². The third kappa shape index (κ3) is 3.07. The van der Waals surface area contributed by atoms with Gasteiger partial charge < -0.3 is 10.3 Å². The van der Waals surface area contributed by atoms with Crippen LogP contribution in [0.15, 0.2) is 30.5 Å². The molecule has 27 heavy (non-hydrogen) atoms. The van der Waals surface area contributed by atoms with Crippen molar-refractivity contribution in [3.05, 3.63) is 64.4 Å². The minimum absolute atomic E-state index is 0.117. The van der Waals surface area contributed by atoms with E-state index in [1.807, 2.05) is 36.6 Å². The van der Waals surface area contributed by atoms with E-state index in [9.17, 15) is 4.79 Å². The number of aromatic amines is 1. The van der Waals surface area contributed by atoms with Crippen LogP contribution in [0.1, 0.15) is 38.7 Å². The van der Waals surface area contributed by atoms with E-state index in [0.717, 1.165) is 33.8 Å². The predicted molar refractivity (Wildman–Crippen MR) is 106 cm³/mol. The van der Waals surface area contributed by atoms with Gasteiger partial charge in [-0.3, -0.25) is 9.20 Å². The molecule has 0 radical (unpaired) electrons. The topological polar surface area (TPSA) is 75.1 Å². The molecule has 0 spiro atoms. The molecule has 0 unspecified atom stereocenters. The van der Waals surface area contributed by atoms with Crippen LogP contribution in [0.3, 0.4) is 0 Å². The SMILES string of the molecule is Cc1cc2nc(CCNC(=O)c3c(C)nc4c(C)cccn34)[nH]c2cc1C. The van der Waals surface area contributed by atoms with E-state index < -0.39 is 0 Å². The average molecular weight is 361 g/mol. The van der Waals surface area contributed by atoms with Gasteiger partial charge in [-0.25, -0.2) is 9.97 Å². The number of carbonyl (C=O) groups excluding carboxylic acids is 1. The number of fused-ring (bicyclic) bond motifs is 2. The predicted octanol–water partition coefficient (Wildman–Crippen LogP) is 3.42. The van der Waals surface area contributed by atoms with Gasteiger partial charge in [0.15, 0.2) is 0 Å². The second-order valence-corrected chi connectivity index (χ2v) is 7.07. The summed E-state index contributed by atoms with van der Waals surface area (Å²) >= 11 is 0. The van der Waals surface area contributed by atoms with Crippen LogP contribution in [-0.4, -0.2) is 31.8 Å². The summed E-state index contributed by atoms with van der Waals surface area (Å²) in [5, 5.41) is 2.99. The summed E-state index contributed by atoms with van der Waals surface area (Å²) in [6.45, 7) is 8.55. The Morgan fingerprint density at radius 3 is 2.70 bits per heavy atom. The van der Waals surface area contributed by atoms with Crippen molar-refractivity contribution in [2.75, 3.05) is 6.54 Å². The Kier molecular flexibility index (Phi) is 4.18. The van der Waals surface area contributed by atoms with Gasteiger partial charge in [-0.15, -0.1) is 0 Å². The van der Waals surface area contributed by atoms with Crippen molar-refractivity contribution in [3.8, 4) is 0 Å². The lowest BCUT2D eigenvalue weighted by molar-refractivity contribution is 0.0947. The third-order valence-electron chi connectivity index (χ3n) is 5.03. The quantitative estimate of drug-likeness (QED) is 0.585. The molecule has 0 atom stereocenters. The molecule has 6 nitrogen and oxygen atoms in total. The van der Waals surface area contributed by atoms with E-state index in [1.54, 1.807) is 0 Å². The van der Waals surface area contributed by atoms with Gasteiger partial charge in [0, 0.05) is 19.2 Å². The summed E-state index contributed by atoms with van der Waals surface area (Å²) in [6, 6.07) is 8.13. The van der Waals surface area contributed by atoms with Crippen LogP contribution >= 0.6 is 0 Å². The summed E-state index contributed by atoms with van der Waals surface area (Å²) in [5.74, 6) is 0.759. The number of H-pyrrole nitrogens is 1. The smallest absolute Gasteiger partial charge is 0.270 e. The normalized spacial score (nSPS) is 11.4. The molecule has 3 heterocycles. The van der Waals surface area contributed by atoms with E-state index in [1.165, 1.54) is 11.1 Å². The minimum atomic E-state index is -0.117. The summed E-state index contributed by atoms with van der Waals surface area (Å²) in [6.07, 6.45) is 2.52. The number of rotatable bonds is 4. The molecule has 0 aliphatic rings. The lowest BCUT2D eigenvalue weighted by atomic mass is 10.1. The average Bonchev–Trinajstić information content (AvgIpc) is 3.16. The van der Waals surface area contributed by atoms with Gasteiger partial charge in [-0.2, -0.15) is 0 Å². The first-order chi connectivity index (χ1) is 12.9. The minimum Gasteiger partial charge on any atom is -0.350 e. The Morgan fingerprint density at radius 2 is 1.89 bits per heavy atom. The van der Waals surface area contributed by atoms with Crippen LogP contribution in [0.2, 0.25) is 0 Å². The zero-order chi connectivity index (χ0) is 19.1.